The summed E-state index contributed by atoms with van der Waals surface area (Å²) in [6.45, 7) is 0.139. The highest BCUT2D eigenvalue weighted by atomic mass is 35.5. The first-order chi connectivity index (χ1) is 16.9. The highest BCUT2D eigenvalue weighted by molar-refractivity contribution is 7.90. The molecule has 4 aromatic rings. The summed E-state index contributed by atoms with van der Waals surface area (Å²) >= 11 is 6.08. The third-order valence-electron chi connectivity index (χ3n) is 5.19. The Hall–Kier alpha value is -3.88. The molecule has 9 heteroatoms. The zero-order chi connectivity index (χ0) is 24.8. The van der Waals surface area contributed by atoms with Crippen LogP contribution in [0.3, 0.4) is 0 Å². The van der Waals surface area contributed by atoms with Gasteiger partial charge >= 0.3 is 0 Å². The lowest BCUT2D eigenvalue weighted by atomic mass is 9.98. The highest BCUT2D eigenvalue weighted by Crippen LogP contribution is 2.33. The van der Waals surface area contributed by atoms with E-state index in [1.807, 2.05) is 54.6 Å². The number of sulfonamides is 1. The second-order valence-corrected chi connectivity index (χ2v) is 9.71. The van der Waals surface area contributed by atoms with Crippen molar-refractivity contribution in [3.63, 3.8) is 0 Å². The van der Waals surface area contributed by atoms with Gasteiger partial charge in [-0.05, 0) is 65.7 Å². The van der Waals surface area contributed by atoms with Crippen LogP contribution in [0.25, 0.3) is 22.4 Å². The number of nitrogens with one attached hydrogen (secondary N) is 1. The maximum absolute atomic E-state index is 12.5. The Bertz CT molecular complexity index is 1440. The Kier molecular flexibility index (Phi) is 7.33. The maximum Gasteiger partial charge on any atom is 0.264 e. The lowest BCUT2D eigenvalue weighted by Crippen LogP contribution is -2.36. The number of aliphatic imine (C=N–C) groups is 1. The molecule has 1 heterocycles. The fourth-order valence-corrected chi connectivity index (χ4v) is 4.53. The number of ether oxygens (including phenoxy) is 1. The second-order valence-electron chi connectivity index (χ2n) is 7.60. The second kappa shape index (κ2) is 10.6. The third kappa shape index (κ3) is 5.98. The zero-order valence-corrected chi connectivity index (χ0v) is 20.4. The number of nitrogens with zero attached hydrogens (tertiary/aromatic N) is 2. The summed E-state index contributed by atoms with van der Waals surface area (Å²) in [5, 5.41) is 0.631. The fourth-order valence-electron chi connectivity index (χ4n) is 3.43. The first-order valence-corrected chi connectivity index (χ1v) is 12.5. The SMILES string of the molecule is COc1ccc(-c2ncc(CN=C(N)NS(=O)(=O)c3ccccc3)cc2-c2ccc(Cl)cc2)cc1. The predicted molar refractivity (Wildman–Crippen MR) is 139 cm³/mol. The van der Waals surface area contributed by atoms with E-state index in [0.29, 0.717) is 5.02 Å². The van der Waals surface area contributed by atoms with Gasteiger partial charge in [-0.2, -0.15) is 0 Å². The molecule has 0 unspecified atom stereocenters. The minimum absolute atomic E-state index is 0.105. The van der Waals surface area contributed by atoms with E-state index in [2.05, 4.69) is 14.7 Å². The summed E-state index contributed by atoms with van der Waals surface area (Å²) in [6.07, 6.45) is 1.70. The van der Waals surface area contributed by atoms with Crippen LogP contribution in [0.2, 0.25) is 5.02 Å². The average molecular weight is 507 g/mol. The average Bonchev–Trinajstić information content (AvgIpc) is 2.88. The van der Waals surface area contributed by atoms with Gasteiger partial charge in [0.25, 0.3) is 10.0 Å². The van der Waals surface area contributed by atoms with E-state index in [1.54, 1.807) is 31.5 Å². The lowest BCUT2D eigenvalue weighted by molar-refractivity contribution is 0.415. The van der Waals surface area contributed by atoms with Gasteiger partial charge in [-0.25, -0.2) is 18.1 Å². The van der Waals surface area contributed by atoms with E-state index < -0.39 is 10.0 Å². The van der Waals surface area contributed by atoms with Crippen LogP contribution in [0.15, 0.2) is 101 Å². The summed E-state index contributed by atoms with van der Waals surface area (Å²) in [6, 6.07) is 25.0. The highest BCUT2D eigenvalue weighted by Gasteiger charge is 2.15. The van der Waals surface area contributed by atoms with Crippen LogP contribution in [0.4, 0.5) is 0 Å². The molecule has 0 aliphatic carbocycles. The molecule has 0 spiro atoms. The van der Waals surface area contributed by atoms with Crippen molar-refractivity contribution >= 4 is 27.6 Å². The first-order valence-electron chi connectivity index (χ1n) is 10.6. The quantitative estimate of drug-likeness (QED) is 0.274. The van der Waals surface area contributed by atoms with Crippen molar-refractivity contribution in [2.75, 3.05) is 7.11 Å². The minimum Gasteiger partial charge on any atom is -0.497 e. The van der Waals surface area contributed by atoms with Gasteiger partial charge in [0.1, 0.15) is 5.75 Å². The van der Waals surface area contributed by atoms with Gasteiger partial charge < -0.3 is 10.5 Å². The molecule has 0 fully saturated rings. The number of methoxy groups -OCH3 is 1. The van der Waals surface area contributed by atoms with Crippen LogP contribution in [0, 0.1) is 0 Å². The van der Waals surface area contributed by atoms with Crippen LogP contribution in [0.5, 0.6) is 5.75 Å². The van der Waals surface area contributed by atoms with Crippen molar-refractivity contribution in [3.05, 3.63) is 102 Å². The van der Waals surface area contributed by atoms with Gasteiger partial charge in [-0.3, -0.25) is 4.98 Å². The van der Waals surface area contributed by atoms with Crippen molar-refractivity contribution in [1.29, 1.82) is 0 Å². The molecule has 0 atom stereocenters. The monoisotopic (exact) mass is 506 g/mol. The Morgan fingerprint density at radius 2 is 1.66 bits per heavy atom. The Morgan fingerprint density at radius 3 is 2.31 bits per heavy atom. The molecule has 178 valence electrons. The summed E-state index contributed by atoms with van der Waals surface area (Å²) in [5.41, 5.74) is 10.1. The Balaban J connectivity index is 1.63. The van der Waals surface area contributed by atoms with Crippen LogP contribution < -0.4 is 15.2 Å². The standard InChI is InChI=1S/C26H23ClN4O3S/c1-34-22-13-9-20(10-14-22)25-24(19-7-11-21(27)12-8-19)15-18(16-29-25)17-30-26(28)31-35(32,33)23-5-3-2-4-6-23/h2-16H,17H2,1H3,(H3,28,30,31). The van der Waals surface area contributed by atoms with Crippen LogP contribution in [-0.4, -0.2) is 26.5 Å². The lowest BCUT2D eigenvalue weighted by Gasteiger charge is -2.12. The number of hydrogen-bond donors (Lipinski definition) is 2. The molecular formula is C26H23ClN4O3S. The number of benzene rings is 3. The molecule has 35 heavy (non-hydrogen) atoms. The molecule has 0 bridgehead atoms. The van der Waals surface area contributed by atoms with E-state index in [9.17, 15) is 8.42 Å². The van der Waals surface area contributed by atoms with Gasteiger partial charge in [0, 0.05) is 22.3 Å². The molecular weight excluding hydrogens is 484 g/mol. The van der Waals surface area contributed by atoms with Crippen LogP contribution >= 0.6 is 11.6 Å². The van der Waals surface area contributed by atoms with E-state index in [0.717, 1.165) is 33.7 Å². The molecule has 0 radical (unpaired) electrons. The topological polar surface area (TPSA) is 107 Å². The van der Waals surface area contributed by atoms with Crippen LogP contribution in [0.1, 0.15) is 5.56 Å². The molecule has 0 saturated heterocycles. The van der Waals surface area contributed by atoms with E-state index in [-0.39, 0.29) is 17.4 Å². The maximum atomic E-state index is 12.5. The molecule has 0 aliphatic heterocycles. The smallest absolute Gasteiger partial charge is 0.264 e. The number of rotatable bonds is 7. The van der Waals surface area contributed by atoms with Crippen molar-refractivity contribution in [2.45, 2.75) is 11.4 Å². The Morgan fingerprint density at radius 1 is 1.00 bits per heavy atom. The predicted octanol–water partition coefficient (Wildman–Crippen LogP) is 4.87. The molecule has 1 aromatic heterocycles. The minimum atomic E-state index is -3.81. The number of guanidine groups is 1. The van der Waals surface area contributed by atoms with E-state index in [4.69, 9.17) is 22.1 Å². The fraction of sp³-hybridized carbons (Fsp3) is 0.0769. The zero-order valence-electron chi connectivity index (χ0n) is 18.9. The van der Waals surface area contributed by atoms with Crippen molar-refractivity contribution in [1.82, 2.24) is 9.71 Å². The number of pyridine rings is 1. The molecule has 0 aliphatic rings. The van der Waals surface area contributed by atoms with Gasteiger partial charge in [-0.15, -0.1) is 0 Å². The van der Waals surface area contributed by atoms with Crippen molar-refractivity contribution < 1.29 is 13.2 Å². The molecule has 0 saturated carbocycles. The molecule has 3 N–H and O–H groups in total. The summed E-state index contributed by atoms with van der Waals surface area (Å²) in [4.78, 5) is 8.99. The first kappa shape index (κ1) is 24.3. The van der Waals surface area contributed by atoms with Gasteiger partial charge in [0.15, 0.2) is 0 Å². The van der Waals surface area contributed by atoms with Gasteiger partial charge in [0.2, 0.25) is 5.96 Å². The number of halogens is 1. The summed E-state index contributed by atoms with van der Waals surface area (Å²) in [7, 11) is -2.19. The van der Waals surface area contributed by atoms with Gasteiger partial charge in [-0.1, -0.05) is 41.9 Å². The summed E-state index contributed by atoms with van der Waals surface area (Å²) < 4.78 is 32.5. The van der Waals surface area contributed by atoms with Gasteiger partial charge in [0.05, 0.1) is 24.2 Å². The van der Waals surface area contributed by atoms with Crippen molar-refractivity contribution in [3.8, 4) is 28.1 Å². The van der Waals surface area contributed by atoms with E-state index >= 15 is 0 Å². The molecule has 3 aromatic carbocycles. The summed E-state index contributed by atoms with van der Waals surface area (Å²) in [5.74, 6) is 0.544. The van der Waals surface area contributed by atoms with Crippen molar-refractivity contribution in [2.24, 2.45) is 10.7 Å². The molecule has 7 nitrogen and oxygen atoms in total. The largest absolute Gasteiger partial charge is 0.497 e. The van der Waals surface area contributed by atoms with E-state index in [1.165, 1.54) is 12.1 Å². The number of hydrogen-bond acceptors (Lipinski definition) is 5. The molecule has 0 amide bonds. The molecule has 4 rings (SSSR count). The normalized spacial score (nSPS) is 11.8. The Labute approximate surface area is 209 Å². The third-order valence-corrected chi connectivity index (χ3v) is 6.81. The number of nitrogens with two attached hydrogens (primary N) is 1. The van der Waals surface area contributed by atoms with Crippen LogP contribution in [-0.2, 0) is 16.6 Å². The number of aromatic nitrogens is 1.